The standard InChI is InChI=1S/C22H27NO4/c1-6-26-22(25)18-9-7-8-10-19(18)23-21(24)16(5)27-20-13-15(4)11-12-17(20)14(2)3/h7-14,16H,6H2,1-5H3,(H,23,24)/t16-/m1/s1. The van der Waals surface area contributed by atoms with E-state index in [0.29, 0.717) is 17.0 Å². The zero-order valence-corrected chi connectivity index (χ0v) is 16.5. The van der Waals surface area contributed by atoms with E-state index < -0.39 is 12.1 Å². The topological polar surface area (TPSA) is 64.6 Å². The first-order valence-corrected chi connectivity index (χ1v) is 9.17. The normalized spacial score (nSPS) is 11.8. The molecule has 5 heteroatoms. The van der Waals surface area contributed by atoms with Crippen LogP contribution < -0.4 is 10.1 Å². The first-order valence-electron chi connectivity index (χ1n) is 9.17. The maximum atomic E-state index is 12.6. The van der Waals surface area contributed by atoms with E-state index in [-0.39, 0.29) is 18.4 Å². The smallest absolute Gasteiger partial charge is 0.340 e. The van der Waals surface area contributed by atoms with Crippen LogP contribution in [0.25, 0.3) is 0 Å². The molecule has 0 radical (unpaired) electrons. The number of aryl methyl sites for hydroxylation is 1. The molecule has 1 N–H and O–H groups in total. The van der Waals surface area contributed by atoms with Crippen LogP contribution in [-0.2, 0) is 9.53 Å². The summed E-state index contributed by atoms with van der Waals surface area (Å²) in [5.41, 5.74) is 2.84. The number of esters is 1. The number of rotatable bonds is 7. The largest absolute Gasteiger partial charge is 0.481 e. The Bertz CT molecular complexity index is 814. The van der Waals surface area contributed by atoms with Gasteiger partial charge in [0.2, 0.25) is 0 Å². The Balaban J connectivity index is 2.16. The highest BCUT2D eigenvalue weighted by molar-refractivity contribution is 6.02. The van der Waals surface area contributed by atoms with Crippen LogP contribution in [0.4, 0.5) is 5.69 Å². The monoisotopic (exact) mass is 369 g/mol. The Labute approximate surface area is 160 Å². The highest BCUT2D eigenvalue weighted by atomic mass is 16.5. The van der Waals surface area contributed by atoms with E-state index in [1.54, 1.807) is 38.1 Å². The van der Waals surface area contributed by atoms with Crippen LogP contribution in [0, 0.1) is 6.92 Å². The van der Waals surface area contributed by atoms with Gasteiger partial charge in [0.1, 0.15) is 5.75 Å². The van der Waals surface area contributed by atoms with Crippen molar-refractivity contribution >= 4 is 17.6 Å². The van der Waals surface area contributed by atoms with Gasteiger partial charge in [-0.3, -0.25) is 4.79 Å². The first-order chi connectivity index (χ1) is 12.8. The number of benzene rings is 2. The molecule has 0 aliphatic carbocycles. The van der Waals surface area contributed by atoms with Crippen molar-refractivity contribution in [3.8, 4) is 5.75 Å². The summed E-state index contributed by atoms with van der Waals surface area (Å²) in [5.74, 6) is 0.178. The van der Waals surface area contributed by atoms with Gasteiger partial charge in [0.25, 0.3) is 5.91 Å². The lowest BCUT2D eigenvalue weighted by atomic mass is 10.0. The SMILES string of the molecule is CCOC(=O)c1ccccc1NC(=O)[C@@H](C)Oc1cc(C)ccc1C(C)C. The quantitative estimate of drug-likeness (QED) is 0.719. The predicted octanol–water partition coefficient (Wildman–Crippen LogP) is 4.70. The van der Waals surface area contributed by atoms with E-state index in [0.717, 1.165) is 11.1 Å². The number of anilines is 1. The van der Waals surface area contributed by atoms with Crippen LogP contribution in [-0.4, -0.2) is 24.6 Å². The summed E-state index contributed by atoms with van der Waals surface area (Å²) in [6, 6.07) is 12.8. The molecule has 0 spiro atoms. The third-order valence-electron chi connectivity index (χ3n) is 4.14. The molecule has 0 saturated carbocycles. The summed E-state index contributed by atoms with van der Waals surface area (Å²) in [4.78, 5) is 24.7. The molecule has 2 rings (SSSR count). The van der Waals surface area contributed by atoms with Gasteiger partial charge in [0.05, 0.1) is 17.9 Å². The minimum absolute atomic E-state index is 0.270. The van der Waals surface area contributed by atoms with Gasteiger partial charge in [-0.2, -0.15) is 0 Å². The lowest BCUT2D eigenvalue weighted by molar-refractivity contribution is -0.122. The third kappa shape index (κ3) is 5.33. The predicted molar refractivity (Wildman–Crippen MR) is 106 cm³/mol. The minimum atomic E-state index is -0.723. The molecule has 2 aromatic carbocycles. The molecular weight excluding hydrogens is 342 g/mol. The second-order valence-electron chi connectivity index (χ2n) is 6.71. The zero-order valence-electron chi connectivity index (χ0n) is 16.5. The number of carbonyl (C=O) groups excluding carboxylic acids is 2. The van der Waals surface area contributed by atoms with Crippen molar-refractivity contribution in [1.29, 1.82) is 0 Å². The summed E-state index contributed by atoms with van der Waals surface area (Å²) in [5, 5.41) is 2.77. The second-order valence-corrected chi connectivity index (χ2v) is 6.71. The first kappa shape index (κ1) is 20.5. The minimum Gasteiger partial charge on any atom is -0.481 e. The summed E-state index contributed by atoms with van der Waals surface area (Å²) in [6.45, 7) is 9.84. The van der Waals surface area contributed by atoms with E-state index in [1.807, 2.05) is 25.1 Å². The molecule has 0 bridgehead atoms. The molecule has 27 heavy (non-hydrogen) atoms. The van der Waals surface area contributed by atoms with Crippen molar-refractivity contribution in [2.24, 2.45) is 0 Å². The number of nitrogens with one attached hydrogen (secondary N) is 1. The van der Waals surface area contributed by atoms with Crippen molar-refractivity contribution in [2.45, 2.75) is 46.6 Å². The summed E-state index contributed by atoms with van der Waals surface area (Å²) < 4.78 is 11.0. The highest BCUT2D eigenvalue weighted by Crippen LogP contribution is 2.28. The van der Waals surface area contributed by atoms with E-state index in [2.05, 4.69) is 19.2 Å². The molecule has 0 aliphatic heterocycles. The fourth-order valence-electron chi connectivity index (χ4n) is 2.68. The van der Waals surface area contributed by atoms with Crippen molar-refractivity contribution in [2.75, 3.05) is 11.9 Å². The van der Waals surface area contributed by atoms with Gasteiger partial charge in [-0.05, 0) is 56.0 Å². The average molecular weight is 369 g/mol. The molecule has 144 valence electrons. The number of ether oxygens (including phenoxy) is 2. The Kier molecular flexibility index (Phi) is 6.99. The van der Waals surface area contributed by atoms with Gasteiger partial charge >= 0.3 is 5.97 Å². The van der Waals surface area contributed by atoms with E-state index >= 15 is 0 Å². The van der Waals surface area contributed by atoms with E-state index in [1.165, 1.54) is 0 Å². The summed E-state index contributed by atoms with van der Waals surface area (Å²) >= 11 is 0. The van der Waals surface area contributed by atoms with Crippen molar-refractivity contribution in [3.63, 3.8) is 0 Å². The van der Waals surface area contributed by atoms with Gasteiger partial charge in [0.15, 0.2) is 6.10 Å². The molecule has 0 aliphatic rings. The Morgan fingerprint density at radius 3 is 2.44 bits per heavy atom. The van der Waals surface area contributed by atoms with Crippen LogP contribution in [0.5, 0.6) is 5.75 Å². The van der Waals surface area contributed by atoms with Crippen LogP contribution in [0.15, 0.2) is 42.5 Å². The number of amides is 1. The maximum absolute atomic E-state index is 12.6. The fraction of sp³-hybridized carbons (Fsp3) is 0.364. The Hall–Kier alpha value is -2.82. The lowest BCUT2D eigenvalue weighted by Gasteiger charge is -2.20. The number of para-hydroxylation sites is 1. The molecule has 0 fully saturated rings. The third-order valence-corrected chi connectivity index (χ3v) is 4.14. The molecule has 5 nitrogen and oxygen atoms in total. The van der Waals surface area contributed by atoms with Gasteiger partial charge in [-0.1, -0.05) is 38.1 Å². The zero-order chi connectivity index (χ0) is 20.0. The van der Waals surface area contributed by atoms with Crippen LogP contribution >= 0.6 is 0 Å². The Morgan fingerprint density at radius 2 is 1.78 bits per heavy atom. The van der Waals surface area contributed by atoms with Gasteiger partial charge in [-0.25, -0.2) is 4.79 Å². The van der Waals surface area contributed by atoms with E-state index in [4.69, 9.17) is 9.47 Å². The van der Waals surface area contributed by atoms with Crippen molar-refractivity contribution in [3.05, 3.63) is 59.2 Å². The van der Waals surface area contributed by atoms with E-state index in [9.17, 15) is 9.59 Å². The summed E-state index contributed by atoms with van der Waals surface area (Å²) in [6.07, 6.45) is -0.723. The van der Waals surface area contributed by atoms with Gasteiger partial charge < -0.3 is 14.8 Å². The lowest BCUT2D eigenvalue weighted by Crippen LogP contribution is -2.31. The molecular formula is C22H27NO4. The maximum Gasteiger partial charge on any atom is 0.340 e. The highest BCUT2D eigenvalue weighted by Gasteiger charge is 2.20. The number of hydrogen-bond donors (Lipinski definition) is 1. The molecule has 1 atom stereocenters. The van der Waals surface area contributed by atoms with Crippen LogP contribution in [0.2, 0.25) is 0 Å². The van der Waals surface area contributed by atoms with Gasteiger partial charge in [-0.15, -0.1) is 0 Å². The van der Waals surface area contributed by atoms with Crippen LogP contribution in [0.1, 0.15) is 55.1 Å². The summed E-state index contributed by atoms with van der Waals surface area (Å²) in [7, 11) is 0. The Morgan fingerprint density at radius 1 is 1.07 bits per heavy atom. The molecule has 0 aromatic heterocycles. The molecule has 0 heterocycles. The molecule has 0 unspecified atom stereocenters. The number of hydrogen-bond acceptors (Lipinski definition) is 4. The van der Waals surface area contributed by atoms with Gasteiger partial charge in [0, 0.05) is 0 Å². The fourth-order valence-corrected chi connectivity index (χ4v) is 2.68. The molecule has 1 amide bonds. The average Bonchev–Trinajstić information content (AvgIpc) is 2.62. The molecule has 0 saturated heterocycles. The number of carbonyl (C=O) groups is 2. The molecule has 2 aromatic rings. The van der Waals surface area contributed by atoms with Crippen molar-refractivity contribution in [1.82, 2.24) is 0 Å². The van der Waals surface area contributed by atoms with Crippen LogP contribution in [0.3, 0.4) is 0 Å². The van der Waals surface area contributed by atoms with Crippen molar-refractivity contribution < 1.29 is 19.1 Å². The second kappa shape index (κ2) is 9.21.